The number of hydrogen-bond donors (Lipinski definition) is 1. The average Bonchev–Trinajstić information content (AvgIpc) is 2.18. The van der Waals surface area contributed by atoms with Gasteiger partial charge < -0.3 is 10.2 Å². The highest BCUT2D eigenvalue weighted by Gasteiger charge is 2.20. The summed E-state index contributed by atoms with van der Waals surface area (Å²) in [5, 5.41) is 3.39. The molecule has 14 heavy (non-hydrogen) atoms. The summed E-state index contributed by atoms with van der Waals surface area (Å²) in [6.45, 7) is 1.95. The lowest BCUT2D eigenvalue weighted by atomic mass is 10.1. The van der Waals surface area contributed by atoms with E-state index in [0.717, 1.165) is 5.75 Å². The summed E-state index contributed by atoms with van der Waals surface area (Å²) >= 11 is 1.98. The molecule has 1 heterocycles. The van der Waals surface area contributed by atoms with E-state index in [9.17, 15) is 4.79 Å². The molecule has 82 valence electrons. The first-order valence-corrected chi connectivity index (χ1v) is 6.31. The predicted octanol–water partition coefficient (Wildman–Crippen LogP) is 0.948. The molecule has 0 bridgehead atoms. The minimum atomic E-state index is -0.0475. The van der Waals surface area contributed by atoms with Crippen molar-refractivity contribution in [1.29, 1.82) is 0 Å². The molecule has 2 unspecified atom stereocenters. The standard InChI is InChI=1S/C10H20N2OS/c1-8(10(13)12(2)3)11-9-5-4-6-14-7-9/h8-9,11H,4-7H2,1-3H3. The van der Waals surface area contributed by atoms with Gasteiger partial charge in [0.25, 0.3) is 0 Å². The largest absolute Gasteiger partial charge is 0.347 e. The lowest BCUT2D eigenvalue weighted by Gasteiger charge is -2.27. The van der Waals surface area contributed by atoms with Gasteiger partial charge in [-0.3, -0.25) is 4.79 Å². The third kappa shape index (κ3) is 3.50. The van der Waals surface area contributed by atoms with Crippen molar-refractivity contribution in [2.45, 2.75) is 31.8 Å². The Morgan fingerprint density at radius 2 is 2.29 bits per heavy atom. The average molecular weight is 216 g/mol. The van der Waals surface area contributed by atoms with Gasteiger partial charge in [0.2, 0.25) is 5.91 Å². The van der Waals surface area contributed by atoms with Crippen molar-refractivity contribution in [3.05, 3.63) is 0 Å². The monoisotopic (exact) mass is 216 g/mol. The number of likely N-dealkylation sites (N-methyl/N-ethyl adjacent to an activating group) is 1. The van der Waals surface area contributed by atoms with E-state index in [1.165, 1.54) is 18.6 Å². The van der Waals surface area contributed by atoms with E-state index in [-0.39, 0.29) is 11.9 Å². The lowest BCUT2D eigenvalue weighted by Crippen LogP contribution is -2.47. The van der Waals surface area contributed by atoms with Gasteiger partial charge in [-0.2, -0.15) is 11.8 Å². The summed E-state index contributed by atoms with van der Waals surface area (Å²) < 4.78 is 0. The molecule has 1 amide bonds. The summed E-state index contributed by atoms with van der Waals surface area (Å²) in [7, 11) is 3.60. The minimum Gasteiger partial charge on any atom is -0.347 e. The highest BCUT2D eigenvalue weighted by atomic mass is 32.2. The van der Waals surface area contributed by atoms with Gasteiger partial charge in [-0.25, -0.2) is 0 Å². The first-order chi connectivity index (χ1) is 6.61. The Balaban J connectivity index is 2.31. The van der Waals surface area contributed by atoms with Crippen molar-refractivity contribution in [2.75, 3.05) is 25.6 Å². The number of carbonyl (C=O) groups is 1. The van der Waals surface area contributed by atoms with E-state index >= 15 is 0 Å². The van der Waals surface area contributed by atoms with Gasteiger partial charge in [-0.1, -0.05) is 0 Å². The van der Waals surface area contributed by atoms with Crippen molar-refractivity contribution in [1.82, 2.24) is 10.2 Å². The number of thioether (sulfide) groups is 1. The Morgan fingerprint density at radius 1 is 1.57 bits per heavy atom. The van der Waals surface area contributed by atoms with Crippen molar-refractivity contribution in [3.63, 3.8) is 0 Å². The quantitative estimate of drug-likeness (QED) is 0.762. The van der Waals surface area contributed by atoms with Crippen LogP contribution >= 0.6 is 11.8 Å². The molecule has 3 nitrogen and oxygen atoms in total. The normalized spacial score (nSPS) is 24.4. The summed E-state index contributed by atoms with van der Waals surface area (Å²) in [6.07, 6.45) is 2.48. The molecule has 1 rings (SSSR count). The first-order valence-electron chi connectivity index (χ1n) is 5.16. The van der Waals surface area contributed by atoms with Crippen LogP contribution in [0.5, 0.6) is 0 Å². The predicted molar refractivity (Wildman–Crippen MR) is 61.6 cm³/mol. The Labute approximate surface area is 90.6 Å². The van der Waals surface area contributed by atoms with Gasteiger partial charge in [-0.15, -0.1) is 0 Å². The Bertz CT molecular complexity index is 191. The molecule has 1 aliphatic heterocycles. The second kappa shape index (κ2) is 5.61. The van der Waals surface area contributed by atoms with Crippen LogP contribution in [0, 0.1) is 0 Å². The van der Waals surface area contributed by atoms with Gasteiger partial charge in [-0.05, 0) is 25.5 Å². The van der Waals surface area contributed by atoms with Crippen LogP contribution in [0.4, 0.5) is 0 Å². The molecule has 1 saturated heterocycles. The zero-order chi connectivity index (χ0) is 10.6. The second-order valence-electron chi connectivity index (χ2n) is 4.04. The summed E-state index contributed by atoms with van der Waals surface area (Å²) in [5.41, 5.74) is 0. The van der Waals surface area contributed by atoms with Crippen LogP contribution in [0.15, 0.2) is 0 Å². The fourth-order valence-corrected chi connectivity index (χ4v) is 2.77. The molecule has 0 aliphatic carbocycles. The van der Waals surface area contributed by atoms with Crippen molar-refractivity contribution >= 4 is 17.7 Å². The lowest BCUT2D eigenvalue weighted by molar-refractivity contribution is -0.130. The van der Waals surface area contributed by atoms with E-state index in [2.05, 4.69) is 5.32 Å². The van der Waals surface area contributed by atoms with Crippen LogP contribution in [-0.4, -0.2) is 48.5 Å². The maximum absolute atomic E-state index is 11.6. The molecular formula is C10H20N2OS. The fourth-order valence-electron chi connectivity index (χ4n) is 1.68. The zero-order valence-corrected chi connectivity index (χ0v) is 10.1. The maximum atomic E-state index is 11.6. The van der Waals surface area contributed by atoms with Gasteiger partial charge in [0.05, 0.1) is 6.04 Å². The topological polar surface area (TPSA) is 32.3 Å². The van der Waals surface area contributed by atoms with Gasteiger partial charge >= 0.3 is 0 Å². The van der Waals surface area contributed by atoms with E-state index in [4.69, 9.17) is 0 Å². The molecule has 0 spiro atoms. The van der Waals surface area contributed by atoms with Gasteiger partial charge in [0, 0.05) is 25.9 Å². The van der Waals surface area contributed by atoms with E-state index in [1.54, 1.807) is 19.0 Å². The highest BCUT2D eigenvalue weighted by molar-refractivity contribution is 7.99. The van der Waals surface area contributed by atoms with Crippen LogP contribution in [0.2, 0.25) is 0 Å². The molecule has 1 N–H and O–H groups in total. The van der Waals surface area contributed by atoms with E-state index < -0.39 is 0 Å². The molecule has 0 aromatic rings. The van der Waals surface area contributed by atoms with Crippen molar-refractivity contribution in [2.24, 2.45) is 0 Å². The molecule has 0 radical (unpaired) electrons. The van der Waals surface area contributed by atoms with Crippen molar-refractivity contribution < 1.29 is 4.79 Å². The SMILES string of the molecule is CC(NC1CCCSC1)C(=O)N(C)C. The molecule has 1 aliphatic rings. The summed E-state index contributed by atoms with van der Waals surface area (Å²) in [6, 6.07) is 0.473. The van der Waals surface area contributed by atoms with Crippen molar-refractivity contribution in [3.8, 4) is 0 Å². The first kappa shape index (κ1) is 11.9. The third-order valence-corrected chi connectivity index (χ3v) is 3.67. The van der Waals surface area contributed by atoms with E-state index in [1.807, 2.05) is 18.7 Å². The number of hydrogen-bond acceptors (Lipinski definition) is 3. The van der Waals surface area contributed by atoms with Crippen LogP contribution in [0.3, 0.4) is 0 Å². The van der Waals surface area contributed by atoms with Gasteiger partial charge in [0.1, 0.15) is 0 Å². The fraction of sp³-hybridized carbons (Fsp3) is 0.900. The zero-order valence-electron chi connectivity index (χ0n) is 9.25. The Kier molecular flexibility index (Phi) is 4.75. The highest BCUT2D eigenvalue weighted by Crippen LogP contribution is 2.17. The summed E-state index contributed by atoms with van der Waals surface area (Å²) in [4.78, 5) is 13.2. The number of rotatable bonds is 3. The van der Waals surface area contributed by atoms with Gasteiger partial charge in [0.15, 0.2) is 0 Å². The molecule has 0 saturated carbocycles. The van der Waals surface area contributed by atoms with E-state index in [0.29, 0.717) is 6.04 Å². The van der Waals surface area contributed by atoms with Crippen LogP contribution in [0.1, 0.15) is 19.8 Å². The third-order valence-electron chi connectivity index (χ3n) is 2.46. The second-order valence-corrected chi connectivity index (χ2v) is 5.18. The molecule has 0 aromatic heterocycles. The molecular weight excluding hydrogens is 196 g/mol. The number of nitrogens with one attached hydrogen (secondary N) is 1. The number of carbonyl (C=O) groups excluding carboxylic acids is 1. The molecule has 0 aromatic carbocycles. The molecule has 1 fully saturated rings. The molecule has 2 atom stereocenters. The smallest absolute Gasteiger partial charge is 0.238 e. The maximum Gasteiger partial charge on any atom is 0.238 e. The van der Waals surface area contributed by atoms with Crippen LogP contribution in [-0.2, 0) is 4.79 Å². The number of nitrogens with zero attached hydrogens (tertiary/aromatic N) is 1. The molecule has 4 heteroatoms. The minimum absolute atomic E-state index is 0.0475. The van der Waals surface area contributed by atoms with Crippen LogP contribution in [0.25, 0.3) is 0 Å². The Hall–Kier alpha value is -0.220. The Morgan fingerprint density at radius 3 is 2.79 bits per heavy atom. The summed E-state index contributed by atoms with van der Waals surface area (Å²) in [5.74, 6) is 2.58. The van der Waals surface area contributed by atoms with Crippen LogP contribution < -0.4 is 5.32 Å². The number of amides is 1.